The zero-order chi connectivity index (χ0) is 27.1. The van der Waals surface area contributed by atoms with Crippen molar-refractivity contribution in [2.45, 2.75) is 51.9 Å². The molecule has 0 radical (unpaired) electrons. The van der Waals surface area contributed by atoms with Gasteiger partial charge in [0.15, 0.2) is 5.67 Å². The maximum atomic E-state index is 16.0. The first-order valence-electron chi connectivity index (χ1n) is 11.8. The molecule has 0 atom stereocenters. The average Bonchev–Trinajstić information content (AvgIpc) is 2.78. The fraction of sp³-hybridized carbons (Fsp3) is 0.407. The largest absolute Gasteiger partial charge is 0.496 e. The molecule has 0 unspecified atom stereocenters. The maximum Gasteiger partial charge on any atom is 0.410 e. The van der Waals surface area contributed by atoms with E-state index in [0.29, 0.717) is 22.3 Å². The summed E-state index contributed by atoms with van der Waals surface area (Å²) in [7, 11) is 1.42. The highest BCUT2D eigenvalue weighted by molar-refractivity contribution is 5.93. The van der Waals surface area contributed by atoms with Crippen molar-refractivity contribution in [2.24, 2.45) is 0 Å². The van der Waals surface area contributed by atoms with E-state index in [0.717, 1.165) is 6.07 Å². The van der Waals surface area contributed by atoms with E-state index in [9.17, 15) is 18.0 Å². The van der Waals surface area contributed by atoms with E-state index in [1.54, 1.807) is 45.9 Å². The van der Waals surface area contributed by atoms with Gasteiger partial charge in [-0.25, -0.2) is 22.4 Å². The topological polar surface area (TPSA) is 63.7 Å². The Kier molecular flexibility index (Phi) is 6.96. The van der Waals surface area contributed by atoms with Crippen LogP contribution < -0.4 is 10.1 Å². The second-order valence-electron chi connectivity index (χ2n) is 10.2. The van der Waals surface area contributed by atoms with Gasteiger partial charge in [0.1, 0.15) is 17.2 Å². The normalized spacial score (nSPS) is 15.0. The minimum absolute atomic E-state index is 0.0699. The van der Waals surface area contributed by atoms with E-state index >= 15 is 4.39 Å². The summed E-state index contributed by atoms with van der Waals surface area (Å²) >= 11 is 0. The standard InChI is InChI=1S/C27H29F4N3O3/c1-15-9-20(32-12-16-7-6-8-17(23(16)28)24(29)30)18-10-19(22(36-5)11-21(18)33-15)27(31)13-34(14-27)25(35)37-26(2,3)4/h6-11,24H,12-14H2,1-5H3,(H,32,33). The second kappa shape index (κ2) is 9.72. The van der Waals surface area contributed by atoms with Gasteiger partial charge in [0.2, 0.25) is 0 Å². The van der Waals surface area contributed by atoms with Gasteiger partial charge in [0.25, 0.3) is 6.43 Å². The molecule has 1 saturated heterocycles. The number of halogens is 4. The third kappa shape index (κ3) is 5.42. The summed E-state index contributed by atoms with van der Waals surface area (Å²) in [5, 5.41) is 3.63. The molecule has 3 aromatic rings. The Morgan fingerprint density at radius 3 is 2.54 bits per heavy atom. The maximum absolute atomic E-state index is 16.0. The number of amides is 1. The number of aromatic nitrogens is 1. The van der Waals surface area contributed by atoms with Crippen LogP contribution in [0.4, 0.5) is 28.0 Å². The van der Waals surface area contributed by atoms with Gasteiger partial charge in [-0.2, -0.15) is 0 Å². The molecule has 198 valence electrons. The van der Waals surface area contributed by atoms with Crippen LogP contribution in [0.15, 0.2) is 36.4 Å². The fourth-order valence-electron chi connectivity index (χ4n) is 4.33. The number of fused-ring (bicyclic) bond motifs is 1. The Labute approximate surface area is 212 Å². The number of pyridine rings is 1. The number of nitrogens with zero attached hydrogens (tertiary/aromatic N) is 2. The van der Waals surface area contributed by atoms with Crippen molar-refractivity contribution in [1.29, 1.82) is 0 Å². The zero-order valence-corrected chi connectivity index (χ0v) is 21.3. The third-order valence-electron chi connectivity index (χ3n) is 6.09. The van der Waals surface area contributed by atoms with Crippen molar-refractivity contribution >= 4 is 22.7 Å². The molecule has 6 nitrogen and oxygen atoms in total. The molecule has 2 heterocycles. The van der Waals surface area contributed by atoms with Crippen molar-refractivity contribution in [3.63, 3.8) is 0 Å². The lowest BCUT2D eigenvalue weighted by Gasteiger charge is -2.45. The number of carbonyl (C=O) groups excluding carboxylic acids is 1. The van der Waals surface area contributed by atoms with E-state index in [-0.39, 0.29) is 36.5 Å². The number of nitrogens with one attached hydrogen (secondary N) is 1. The van der Waals surface area contributed by atoms with E-state index in [4.69, 9.17) is 9.47 Å². The first kappa shape index (κ1) is 26.5. The van der Waals surface area contributed by atoms with Crippen molar-refractivity contribution in [3.8, 4) is 5.75 Å². The minimum Gasteiger partial charge on any atom is -0.496 e. The molecule has 1 aliphatic heterocycles. The van der Waals surface area contributed by atoms with Gasteiger partial charge in [-0.1, -0.05) is 18.2 Å². The smallest absolute Gasteiger partial charge is 0.410 e. The van der Waals surface area contributed by atoms with Crippen molar-refractivity contribution in [2.75, 3.05) is 25.5 Å². The quantitative estimate of drug-likeness (QED) is 0.369. The lowest BCUT2D eigenvalue weighted by Crippen LogP contribution is -2.59. The van der Waals surface area contributed by atoms with Gasteiger partial charge in [0.05, 0.1) is 31.3 Å². The van der Waals surface area contributed by atoms with E-state index < -0.39 is 35.2 Å². The van der Waals surface area contributed by atoms with Gasteiger partial charge in [-0.05, 0) is 39.8 Å². The van der Waals surface area contributed by atoms with Crippen molar-refractivity contribution in [1.82, 2.24) is 9.88 Å². The number of aryl methyl sites for hydroxylation is 1. The van der Waals surface area contributed by atoms with Crippen molar-refractivity contribution < 1.29 is 31.8 Å². The van der Waals surface area contributed by atoms with Crippen LogP contribution in [0.3, 0.4) is 0 Å². The van der Waals surface area contributed by atoms with Gasteiger partial charge in [0, 0.05) is 40.5 Å². The molecule has 1 aromatic heterocycles. The lowest BCUT2D eigenvalue weighted by molar-refractivity contribution is -0.0545. The monoisotopic (exact) mass is 519 g/mol. The van der Waals surface area contributed by atoms with Crippen LogP contribution >= 0.6 is 0 Å². The summed E-state index contributed by atoms with van der Waals surface area (Å²) in [5.41, 5.74) is -1.26. The molecule has 10 heteroatoms. The van der Waals surface area contributed by atoms with Gasteiger partial charge >= 0.3 is 6.09 Å². The number of benzene rings is 2. The number of ether oxygens (including phenoxy) is 2. The molecule has 2 aromatic carbocycles. The molecule has 1 fully saturated rings. The van der Waals surface area contributed by atoms with Gasteiger partial charge < -0.3 is 19.7 Å². The predicted octanol–water partition coefficient (Wildman–Crippen LogP) is 6.66. The summed E-state index contributed by atoms with van der Waals surface area (Å²) in [5.74, 6) is -0.694. The van der Waals surface area contributed by atoms with E-state index in [2.05, 4.69) is 10.3 Å². The number of anilines is 1. The molecule has 1 N–H and O–H groups in total. The molecule has 1 amide bonds. The molecular formula is C27H29F4N3O3. The number of alkyl halides is 3. The fourth-order valence-corrected chi connectivity index (χ4v) is 4.33. The highest BCUT2D eigenvalue weighted by atomic mass is 19.3. The molecule has 37 heavy (non-hydrogen) atoms. The van der Waals surface area contributed by atoms with Crippen LogP contribution in [0.2, 0.25) is 0 Å². The first-order chi connectivity index (χ1) is 17.3. The SMILES string of the molecule is COc1cc2nc(C)cc(NCc3cccc(C(F)F)c3F)c2cc1C1(F)CN(C(=O)OC(C)(C)C)C1. The molecule has 0 saturated carbocycles. The number of hydrogen-bond donors (Lipinski definition) is 1. The number of rotatable bonds is 6. The van der Waals surface area contributed by atoms with E-state index in [1.165, 1.54) is 24.1 Å². The number of hydrogen-bond acceptors (Lipinski definition) is 5. The molecule has 0 aliphatic carbocycles. The summed E-state index contributed by atoms with van der Waals surface area (Å²) in [4.78, 5) is 18.1. The van der Waals surface area contributed by atoms with Crippen LogP contribution in [-0.2, 0) is 17.0 Å². The molecule has 4 rings (SSSR count). The lowest BCUT2D eigenvalue weighted by atomic mass is 9.86. The Bertz CT molecular complexity index is 1330. The number of carbonyl (C=O) groups is 1. The van der Waals surface area contributed by atoms with Crippen LogP contribution in [0.25, 0.3) is 10.9 Å². The Morgan fingerprint density at radius 2 is 1.92 bits per heavy atom. The molecular weight excluding hydrogens is 490 g/mol. The summed E-state index contributed by atoms with van der Waals surface area (Å²) in [6, 6.07) is 8.77. The summed E-state index contributed by atoms with van der Waals surface area (Å²) in [6.07, 6.45) is -3.53. The Balaban J connectivity index is 1.65. The minimum atomic E-state index is -2.93. The van der Waals surface area contributed by atoms with E-state index in [1.807, 2.05) is 0 Å². The van der Waals surface area contributed by atoms with Gasteiger partial charge in [-0.3, -0.25) is 4.98 Å². The van der Waals surface area contributed by atoms with Crippen molar-refractivity contribution in [3.05, 3.63) is 64.6 Å². The first-order valence-corrected chi connectivity index (χ1v) is 11.8. The summed E-state index contributed by atoms with van der Waals surface area (Å²) in [6.45, 7) is 6.48. The number of likely N-dealkylation sites (tertiary alicyclic amines) is 1. The van der Waals surface area contributed by atoms with Crippen LogP contribution in [0.5, 0.6) is 5.75 Å². The molecule has 0 spiro atoms. The van der Waals surface area contributed by atoms with Crippen LogP contribution in [0.1, 0.15) is 49.6 Å². The Morgan fingerprint density at radius 1 is 1.22 bits per heavy atom. The predicted molar refractivity (Wildman–Crippen MR) is 132 cm³/mol. The zero-order valence-electron chi connectivity index (χ0n) is 21.3. The highest BCUT2D eigenvalue weighted by Gasteiger charge is 2.50. The molecule has 0 bridgehead atoms. The molecule has 1 aliphatic rings. The van der Waals surface area contributed by atoms with Gasteiger partial charge in [-0.15, -0.1) is 0 Å². The number of methoxy groups -OCH3 is 1. The third-order valence-corrected chi connectivity index (χ3v) is 6.09. The summed E-state index contributed by atoms with van der Waals surface area (Å²) < 4.78 is 67.6. The van der Waals surface area contributed by atoms with Crippen LogP contribution in [0, 0.1) is 12.7 Å². The Hall–Kier alpha value is -3.56. The van der Waals surface area contributed by atoms with Crippen LogP contribution in [-0.4, -0.2) is 41.8 Å². The second-order valence-corrected chi connectivity index (χ2v) is 10.2. The average molecular weight is 520 g/mol. The highest BCUT2D eigenvalue weighted by Crippen LogP contribution is 2.44.